The third-order valence-electron chi connectivity index (χ3n) is 4.91. The fourth-order valence-electron chi connectivity index (χ4n) is 3.37. The van der Waals surface area contributed by atoms with E-state index in [1.807, 2.05) is 16.5 Å². The van der Waals surface area contributed by atoms with Crippen molar-refractivity contribution < 1.29 is 9.53 Å². The van der Waals surface area contributed by atoms with E-state index in [9.17, 15) is 4.79 Å². The molecule has 26 heavy (non-hydrogen) atoms. The van der Waals surface area contributed by atoms with Crippen LogP contribution < -0.4 is 10.2 Å². The molecule has 2 amide bonds. The number of nitrogens with one attached hydrogen (secondary N) is 1. The van der Waals surface area contributed by atoms with Crippen LogP contribution in [0.1, 0.15) is 24.5 Å². The van der Waals surface area contributed by atoms with E-state index in [0.717, 1.165) is 50.8 Å². The molecule has 2 aliphatic rings. The summed E-state index contributed by atoms with van der Waals surface area (Å²) in [5.41, 5.74) is 1.07. The normalized spacial score (nSPS) is 19.0. The third kappa shape index (κ3) is 3.65. The minimum atomic E-state index is -0.0875. The molecule has 4 rings (SSSR count). The molecule has 0 bridgehead atoms. The number of carbonyl (C=O) groups is 1. The molecule has 2 saturated heterocycles. The van der Waals surface area contributed by atoms with Crippen LogP contribution in [0.15, 0.2) is 11.7 Å². The van der Waals surface area contributed by atoms with Gasteiger partial charge in [-0.3, -0.25) is 5.32 Å². The Morgan fingerprint density at radius 2 is 2.04 bits per heavy atom. The van der Waals surface area contributed by atoms with Crippen molar-refractivity contribution in [1.82, 2.24) is 24.6 Å². The minimum absolute atomic E-state index is 0.0875. The molecule has 9 nitrogen and oxygen atoms in total. The van der Waals surface area contributed by atoms with Crippen molar-refractivity contribution in [2.75, 3.05) is 49.6 Å². The van der Waals surface area contributed by atoms with Gasteiger partial charge < -0.3 is 19.1 Å². The van der Waals surface area contributed by atoms with Crippen LogP contribution in [0.5, 0.6) is 0 Å². The van der Waals surface area contributed by atoms with E-state index in [0.29, 0.717) is 24.1 Å². The molecule has 0 spiro atoms. The average molecular weight is 377 g/mol. The van der Waals surface area contributed by atoms with Gasteiger partial charge in [0.15, 0.2) is 5.13 Å². The van der Waals surface area contributed by atoms with Gasteiger partial charge in [-0.2, -0.15) is 0 Å². The standard InChI is InChI=1S/C16H23N7O2S/c1-21-11-17-20-15(21)22-4-6-23(7-5-22)16(24)19-14-18-13(10-26-14)12-2-8-25-9-3-12/h10-12H,2-9H2,1H3,(H,18,19,24). The molecule has 0 aliphatic carbocycles. The van der Waals surface area contributed by atoms with E-state index >= 15 is 0 Å². The van der Waals surface area contributed by atoms with Gasteiger partial charge in [0.2, 0.25) is 5.95 Å². The highest BCUT2D eigenvalue weighted by Crippen LogP contribution is 2.29. The van der Waals surface area contributed by atoms with E-state index in [2.05, 4.69) is 30.8 Å². The SMILES string of the molecule is Cn1cnnc1N1CCN(C(=O)Nc2nc(C3CCOCC3)cs2)CC1. The predicted molar refractivity (Wildman–Crippen MR) is 98.7 cm³/mol. The first-order chi connectivity index (χ1) is 12.7. The Balaban J connectivity index is 1.30. The molecule has 10 heteroatoms. The van der Waals surface area contributed by atoms with Crippen LogP contribution in [-0.4, -0.2) is 70.1 Å². The molecule has 2 aromatic rings. The number of thiazole rings is 1. The van der Waals surface area contributed by atoms with Gasteiger partial charge in [-0.25, -0.2) is 9.78 Å². The van der Waals surface area contributed by atoms with Crippen molar-refractivity contribution in [1.29, 1.82) is 0 Å². The zero-order valence-corrected chi connectivity index (χ0v) is 15.6. The Morgan fingerprint density at radius 3 is 2.73 bits per heavy atom. The van der Waals surface area contributed by atoms with Crippen molar-refractivity contribution in [2.24, 2.45) is 7.05 Å². The molecule has 0 aromatic carbocycles. The molecular formula is C16H23N7O2S. The summed E-state index contributed by atoms with van der Waals surface area (Å²) in [7, 11) is 1.92. The van der Waals surface area contributed by atoms with Crippen LogP contribution in [0.3, 0.4) is 0 Å². The summed E-state index contributed by atoms with van der Waals surface area (Å²) < 4.78 is 7.29. The molecule has 2 aromatic heterocycles. The third-order valence-corrected chi connectivity index (χ3v) is 5.69. The van der Waals surface area contributed by atoms with Crippen molar-refractivity contribution in [3.63, 3.8) is 0 Å². The monoisotopic (exact) mass is 377 g/mol. The van der Waals surface area contributed by atoms with Crippen molar-refractivity contribution in [2.45, 2.75) is 18.8 Å². The quantitative estimate of drug-likeness (QED) is 0.872. The van der Waals surface area contributed by atoms with Gasteiger partial charge in [-0.1, -0.05) is 0 Å². The number of nitrogens with zero attached hydrogens (tertiary/aromatic N) is 6. The maximum absolute atomic E-state index is 12.5. The first-order valence-corrected chi connectivity index (χ1v) is 9.76. The Kier molecular flexibility index (Phi) is 5.02. The van der Waals surface area contributed by atoms with Gasteiger partial charge in [-0.05, 0) is 12.8 Å². The van der Waals surface area contributed by atoms with Crippen LogP contribution in [0.25, 0.3) is 0 Å². The second-order valence-corrected chi connectivity index (χ2v) is 7.47. The first kappa shape index (κ1) is 17.2. The zero-order valence-electron chi connectivity index (χ0n) is 14.8. The molecule has 2 fully saturated rings. The summed E-state index contributed by atoms with van der Waals surface area (Å²) >= 11 is 1.49. The number of hydrogen-bond donors (Lipinski definition) is 1. The number of ether oxygens (including phenoxy) is 1. The van der Waals surface area contributed by atoms with Crippen LogP contribution in [0.4, 0.5) is 15.9 Å². The van der Waals surface area contributed by atoms with Gasteiger partial charge >= 0.3 is 6.03 Å². The van der Waals surface area contributed by atoms with Crippen LogP contribution in [-0.2, 0) is 11.8 Å². The number of rotatable bonds is 3. The summed E-state index contributed by atoms with van der Waals surface area (Å²) in [6.07, 6.45) is 3.69. The van der Waals surface area contributed by atoms with Crippen molar-refractivity contribution >= 4 is 28.4 Å². The van der Waals surface area contributed by atoms with Gasteiger partial charge in [0.25, 0.3) is 0 Å². The predicted octanol–water partition coefficient (Wildman–Crippen LogP) is 1.52. The highest BCUT2D eigenvalue weighted by Gasteiger charge is 2.24. The Morgan fingerprint density at radius 1 is 1.27 bits per heavy atom. The summed E-state index contributed by atoms with van der Waals surface area (Å²) in [6, 6.07) is -0.0875. The molecule has 0 atom stereocenters. The maximum atomic E-state index is 12.5. The fourth-order valence-corrected chi connectivity index (χ4v) is 4.15. The topological polar surface area (TPSA) is 88.4 Å². The number of aryl methyl sites for hydroxylation is 1. The largest absolute Gasteiger partial charge is 0.381 e. The average Bonchev–Trinajstić information content (AvgIpc) is 3.32. The molecule has 2 aliphatic heterocycles. The molecule has 140 valence electrons. The zero-order chi connectivity index (χ0) is 17.9. The lowest BCUT2D eigenvalue weighted by Gasteiger charge is -2.34. The Bertz CT molecular complexity index is 747. The van der Waals surface area contributed by atoms with Gasteiger partial charge in [0, 0.05) is 57.7 Å². The van der Waals surface area contributed by atoms with Gasteiger partial charge in [0.05, 0.1) is 5.69 Å². The highest BCUT2D eigenvalue weighted by molar-refractivity contribution is 7.13. The molecule has 0 unspecified atom stereocenters. The number of piperazine rings is 1. The number of carbonyl (C=O) groups excluding carboxylic acids is 1. The smallest absolute Gasteiger partial charge is 0.323 e. The molecule has 4 heterocycles. The lowest BCUT2D eigenvalue weighted by atomic mass is 9.98. The van der Waals surface area contributed by atoms with E-state index in [1.165, 1.54) is 11.3 Å². The summed E-state index contributed by atoms with van der Waals surface area (Å²) in [4.78, 5) is 21.1. The molecule has 1 N–H and O–H groups in total. The van der Waals surface area contributed by atoms with Crippen molar-refractivity contribution in [3.05, 3.63) is 17.4 Å². The number of urea groups is 1. The van der Waals surface area contributed by atoms with Crippen LogP contribution in [0.2, 0.25) is 0 Å². The summed E-state index contributed by atoms with van der Waals surface area (Å²) in [5, 5.41) is 13.7. The van der Waals surface area contributed by atoms with Gasteiger partial charge in [0.1, 0.15) is 6.33 Å². The van der Waals surface area contributed by atoms with Gasteiger partial charge in [-0.15, -0.1) is 21.5 Å². The molecule has 0 radical (unpaired) electrons. The lowest BCUT2D eigenvalue weighted by molar-refractivity contribution is 0.0846. The minimum Gasteiger partial charge on any atom is -0.381 e. The van der Waals surface area contributed by atoms with E-state index in [-0.39, 0.29) is 6.03 Å². The number of amides is 2. The molecular weight excluding hydrogens is 354 g/mol. The Labute approximate surface area is 156 Å². The van der Waals surface area contributed by atoms with Crippen LogP contribution in [0, 0.1) is 0 Å². The maximum Gasteiger partial charge on any atom is 0.323 e. The van der Waals surface area contributed by atoms with E-state index < -0.39 is 0 Å². The van der Waals surface area contributed by atoms with Crippen molar-refractivity contribution in [3.8, 4) is 0 Å². The second-order valence-electron chi connectivity index (χ2n) is 6.61. The molecule has 0 saturated carbocycles. The van der Waals surface area contributed by atoms with E-state index in [4.69, 9.17) is 4.74 Å². The highest BCUT2D eigenvalue weighted by atomic mass is 32.1. The van der Waals surface area contributed by atoms with E-state index in [1.54, 1.807) is 6.33 Å². The Hall–Kier alpha value is -2.20. The number of hydrogen-bond acceptors (Lipinski definition) is 7. The first-order valence-electron chi connectivity index (χ1n) is 8.89. The summed E-state index contributed by atoms with van der Waals surface area (Å²) in [5.74, 6) is 1.28. The lowest BCUT2D eigenvalue weighted by Crippen LogP contribution is -2.50. The van der Waals surface area contributed by atoms with Crippen LogP contribution >= 0.6 is 11.3 Å². The summed E-state index contributed by atoms with van der Waals surface area (Å²) in [6.45, 7) is 4.36. The number of anilines is 2. The second kappa shape index (κ2) is 7.58. The fraction of sp³-hybridized carbons (Fsp3) is 0.625. The number of aromatic nitrogens is 4.